The zero-order valence-corrected chi connectivity index (χ0v) is 11.2. The van der Waals surface area contributed by atoms with Gasteiger partial charge in [-0.2, -0.15) is 0 Å². The normalized spacial score (nSPS) is 11.3. The highest BCUT2D eigenvalue weighted by atomic mass is 16.3. The SMILES string of the molecule is CNCc1cc(CN(C)Cc2ccoc2)oc1C. The first-order chi connectivity index (χ1) is 8.69. The van der Waals surface area contributed by atoms with Crippen LogP contribution in [0.15, 0.2) is 33.5 Å². The molecule has 4 heteroatoms. The smallest absolute Gasteiger partial charge is 0.118 e. The predicted molar refractivity (Wildman–Crippen MR) is 70.1 cm³/mol. The Morgan fingerprint density at radius 1 is 1.33 bits per heavy atom. The van der Waals surface area contributed by atoms with Crippen molar-refractivity contribution in [1.82, 2.24) is 10.2 Å². The molecule has 0 spiro atoms. The molecule has 0 bridgehead atoms. The lowest BCUT2D eigenvalue weighted by Crippen LogP contribution is -2.16. The summed E-state index contributed by atoms with van der Waals surface area (Å²) in [6, 6.07) is 4.11. The Balaban J connectivity index is 1.94. The van der Waals surface area contributed by atoms with Crippen molar-refractivity contribution in [2.24, 2.45) is 0 Å². The highest BCUT2D eigenvalue weighted by molar-refractivity contribution is 5.20. The van der Waals surface area contributed by atoms with Crippen LogP contribution < -0.4 is 5.32 Å². The summed E-state index contributed by atoms with van der Waals surface area (Å²) in [4.78, 5) is 2.20. The average Bonchev–Trinajstić information content (AvgIpc) is 2.90. The van der Waals surface area contributed by atoms with Crippen LogP contribution in [0.25, 0.3) is 0 Å². The minimum Gasteiger partial charge on any atom is -0.472 e. The van der Waals surface area contributed by atoms with E-state index in [1.54, 1.807) is 12.5 Å². The topological polar surface area (TPSA) is 41.5 Å². The minimum absolute atomic E-state index is 0.801. The molecular formula is C14H20N2O2. The second-order valence-electron chi connectivity index (χ2n) is 4.63. The Kier molecular flexibility index (Phi) is 4.23. The summed E-state index contributed by atoms with van der Waals surface area (Å²) < 4.78 is 10.8. The standard InChI is InChI=1S/C14H20N2O2/c1-11-13(7-15-2)6-14(18-11)9-16(3)8-12-4-5-17-10-12/h4-6,10,15H,7-9H2,1-3H3. The first kappa shape index (κ1) is 12.9. The third-order valence-electron chi connectivity index (χ3n) is 2.90. The molecule has 0 amide bonds. The minimum atomic E-state index is 0.801. The van der Waals surface area contributed by atoms with Gasteiger partial charge in [0.1, 0.15) is 11.5 Å². The van der Waals surface area contributed by atoms with E-state index in [1.165, 1.54) is 11.1 Å². The second-order valence-corrected chi connectivity index (χ2v) is 4.63. The van der Waals surface area contributed by atoms with Gasteiger partial charge in [-0.25, -0.2) is 0 Å². The fourth-order valence-electron chi connectivity index (χ4n) is 2.05. The van der Waals surface area contributed by atoms with Gasteiger partial charge in [-0.1, -0.05) is 0 Å². The van der Waals surface area contributed by atoms with Gasteiger partial charge in [0.05, 0.1) is 19.1 Å². The second kappa shape index (κ2) is 5.89. The molecule has 0 aliphatic carbocycles. The summed E-state index contributed by atoms with van der Waals surface area (Å²) in [5.41, 5.74) is 2.40. The molecule has 0 saturated carbocycles. The first-order valence-electron chi connectivity index (χ1n) is 6.11. The van der Waals surface area contributed by atoms with Crippen molar-refractivity contribution >= 4 is 0 Å². The van der Waals surface area contributed by atoms with E-state index in [-0.39, 0.29) is 0 Å². The molecule has 4 nitrogen and oxygen atoms in total. The third kappa shape index (κ3) is 3.24. The lowest BCUT2D eigenvalue weighted by molar-refractivity contribution is 0.284. The van der Waals surface area contributed by atoms with Gasteiger partial charge in [-0.05, 0) is 33.2 Å². The van der Waals surface area contributed by atoms with Gasteiger partial charge in [-0.3, -0.25) is 4.90 Å². The highest BCUT2D eigenvalue weighted by Gasteiger charge is 2.09. The zero-order valence-electron chi connectivity index (χ0n) is 11.2. The lowest BCUT2D eigenvalue weighted by Gasteiger charge is -2.13. The molecular weight excluding hydrogens is 228 g/mol. The van der Waals surface area contributed by atoms with Crippen LogP contribution in [0.1, 0.15) is 22.6 Å². The molecule has 1 N–H and O–H groups in total. The van der Waals surface area contributed by atoms with Crippen molar-refractivity contribution in [2.75, 3.05) is 14.1 Å². The molecule has 98 valence electrons. The van der Waals surface area contributed by atoms with Crippen molar-refractivity contribution in [3.63, 3.8) is 0 Å². The molecule has 0 aliphatic heterocycles. The molecule has 2 aromatic heterocycles. The molecule has 2 aromatic rings. The van der Waals surface area contributed by atoms with E-state index in [9.17, 15) is 0 Å². The van der Waals surface area contributed by atoms with Crippen LogP contribution in [0.2, 0.25) is 0 Å². The van der Waals surface area contributed by atoms with E-state index in [2.05, 4.69) is 23.3 Å². The lowest BCUT2D eigenvalue weighted by atomic mass is 10.2. The summed E-state index contributed by atoms with van der Waals surface area (Å²) in [7, 11) is 4.01. The van der Waals surface area contributed by atoms with Gasteiger partial charge < -0.3 is 14.2 Å². The van der Waals surface area contributed by atoms with Crippen molar-refractivity contribution < 1.29 is 8.83 Å². The maximum absolute atomic E-state index is 5.75. The van der Waals surface area contributed by atoms with Gasteiger partial charge in [0, 0.05) is 24.2 Å². The molecule has 0 atom stereocenters. The van der Waals surface area contributed by atoms with Crippen molar-refractivity contribution in [2.45, 2.75) is 26.6 Å². The number of nitrogens with one attached hydrogen (secondary N) is 1. The van der Waals surface area contributed by atoms with Crippen molar-refractivity contribution in [1.29, 1.82) is 0 Å². The van der Waals surface area contributed by atoms with Crippen LogP contribution in [0.3, 0.4) is 0 Å². The largest absolute Gasteiger partial charge is 0.472 e. The molecule has 0 unspecified atom stereocenters. The summed E-state index contributed by atoms with van der Waals surface area (Å²) in [5.74, 6) is 2.00. The summed E-state index contributed by atoms with van der Waals surface area (Å²) >= 11 is 0. The molecule has 0 saturated heterocycles. The predicted octanol–water partition coefficient (Wildman–Crippen LogP) is 2.53. The van der Waals surface area contributed by atoms with E-state index < -0.39 is 0 Å². The molecule has 18 heavy (non-hydrogen) atoms. The maximum Gasteiger partial charge on any atom is 0.118 e. The number of nitrogens with zero attached hydrogens (tertiary/aromatic N) is 1. The molecule has 2 rings (SSSR count). The first-order valence-corrected chi connectivity index (χ1v) is 6.11. The van der Waals surface area contributed by atoms with E-state index in [1.807, 2.05) is 20.0 Å². The monoisotopic (exact) mass is 248 g/mol. The fraction of sp³-hybridized carbons (Fsp3) is 0.429. The van der Waals surface area contributed by atoms with Gasteiger partial charge in [-0.15, -0.1) is 0 Å². The molecule has 2 heterocycles. The summed E-state index contributed by atoms with van der Waals surface area (Å²) in [6.07, 6.45) is 3.47. The number of hydrogen-bond donors (Lipinski definition) is 1. The van der Waals surface area contributed by atoms with E-state index in [0.29, 0.717) is 0 Å². The van der Waals surface area contributed by atoms with Crippen LogP contribution in [0.5, 0.6) is 0 Å². The van der Waals surface area contributed by atoms with Crippen molar-refractivity contribution in [3.05, 3.63) is 47.3 Å². The molecule has 0 aliphatic rings. The molecule has 0 radical (unpaired) electrons. The quantitative estimate of drug-likeness (QED) is 0.853. The zero-order chi connectivity index (χ0) is 13.0. The summed E-state index contributed by atoms with van der Waals surface area (Å²) in [5, 5.41) is 3.14. The molecule has 0 fully saturated rings. The van der Waals surface area contributed by atoms with Gasteiger partial charge >= 0.3 is 0 Å². The van der Waals surface area contributed by atoms with E-state index in [0.717, 1.165) is 31.2 Å². The number of aryl methyl sites for hydroxylation is 1. The van der Waals surface area contributed by atoms with Gasteiger partial charge in [0.15, 0.2) is 0 Å². The third-order valence-corrected chi connectivity index (χ3v) is 2.90. The number of rotatable bonds is 6. The van der Waals surface area contributed by atoms with Crippen molar-refractivity contribution in [3.8, 4) is 0 Å². The van der Waals surface area contributed by atoms with Gasteiger partial charge in [0.2, 0.25) is 0 Å². The Bertz CT molecular complexity index is 474. The Hall–Kier alpha value is -1.52. The van der Waals surface area contributed by atoms with Crippen LogP contribution in [-0.2, 0) is 19.6 Å². The Morgan fingerprint density at radius 3 is 2.83 bits per heavy atom. The highest BCUT2D eigenvalue weighted by Crippen LogP contribution is 2.16. The average molecular weight is 248 g/mol. The maximum atomic E-state index is 5.75. The summed E-state index contributed by atoms with van der Waals surface area (Å²) in [6.45, 7) is 4.51. The Morgan fingerprint density at radius 2 is 2.17 bits per heavy atom. The van der Waals surface area contributed by atoms with E-state index in [4.69, 9.17) is 8.83 Å². The molecule has 0 aromatic carbocycles. The van der Waals surface area contributed by atoms with Crippen LogP contribution in [0, 0.1) is 6.92 Å². The van der Waals surface area contributed by atoms with Crippen LogP contribution >= 0.6 is 0 Å². The number of furan rings is 2. The van der Waals surface area contributed by atoms with E-state index >= 15 is 0 Å². The Labute approximate surface area is 108 Å². The van der Waals surface area contributed by atoms with Crippen LogP contribution in [-0.4, -0.2) is 19.0 Å². The van der Waals surface area contributed by atoms with Crippen LogP contribution in [0.4, 0.5) is 0 Å². The fourth-order valence-corrected chi connectivity index (χ4v) is 2.05. The van der Waals surface area contributed by atoms with Gasteiger partial charge in [0.25, 0.3) is 0 Å². The number of hydrogen-bond acceptors (Lipinski definition) is 4.